The van der Waals surface area contributed by atoms with Crippen molar-refractivity contribution in [3.05, 3.63) is 80.1 Å². The van der Waals surface area contributed by atoms with E-state index in [1.807, 2.05) is 31.2 Å². The van der Waals surface area contributed by atoms with Crippen molar-refractivity contribution in [3.8, 4) is 11.1 Å². The molecule has 2 aromatic carbocycles. The van der Waals surface area contributed by atoms with E-state index in [2.05, 4.69) is 26.2 Å². The molecule has 1 N–H and O–H groups in total. The molecule has 4 aromatic rings. The van der Waals surface area contributed by atoms with Crippen LogP contribution in [0.2, 0.25) is 0 Å². The summed E-state index contributed by atoms with van der Waals surface area (Å²) in [5, 5.41) is 3.23. The molecule has 0 bridgehead atoms. The number of anilines is 1. The number of aryl methyl sites for hydroxylation is 1. The van der Waals surface area contributed by atoms with Crippen LogP contribution in [0.25, 0.3) is 21.3 Å². The van der Waals surface area contributed by atoms with Crippen LogP contribution < -0.4 is 10.9 Å². The Hall–Kier alpha value is -3.30. The molecule has 168 valence electrons. The van der Waals surface area contributed by atoms with E-state index in [9.17, 15) is 14.4 Å². The number of thiophene rings is 1. The molecule has 9 heteroatoms. The van der Waals surface area contributed by atoms with Gasteiger partial charge in [0.15, 0.2) is 0 Å². The first kappa shape index (κ1) is 22.9. The quantitative estimate of drug-likeness (QED) is 0.362. The maximum atomic E-state index is 13.4. The topological polar surface area (TPSA) is 90.3 Å². The van der Waals surface area contributed by atoms with Crippen LogP contribution in [0, 0.1) is 0 Å². The van der Waals surface area contributed by atoms with E-state index in [1.165, 1.54) is 35.4 Å². The maximum Gasteiger partial charge on any atom is 0.337 e. The lowest BCUT2D eigenvalue weighted by Gasteiger charge is -2.09. The number of esters is 1. The number of aromatic nitrogens is 2. The minimum atomic E-state index is -0.498. The number of hydrogen-bond acceptors (Lipinski definition) is 6. The fraction of sp³-hybridized carbons (Fsp3) is 0.167. The minimum absolute atomic E-state index is 0.207. The number of carbonyl (C=O) groups is 2. The van der Waals surface area contributed by atoms with Crippen molar-refractivity contribution in [1.82, 2.24) is 9.55 Å². The van der Waals surface area contributed by atoms with Crippen molar-refractivity contribution in [3.63, 3.8) is 0 Å². The highest BCUT2D eigenvalue weighted by molar-refractivity contribution is 9.10. The van der Waals surface area contributed by atoms with Crippen molar-refractivity contribution in [2.75, 3.05) is 12.4 Å². The summed E-state index contributed by atoms with van der Waals surface area (Å²) in [6, 6.07) is 14.2. The van der Waals surface area contributed by atoms with E-state index in [1.54, 1.807) is 18.2 Å². The molecule has 0 fully saturated rings. The Labute approximate surface area is 202 Å². The van der Waals surface area contributed by atoms with Gasteiger partial charge in [-0.3, -0.25) is 14.2 Å². The number of nitrogens with zero attached hydrogens (tertiary/aromatic N) is 2. The largest absolute Gasteiger partial charge is 0.465 e. The number of ether oxygens (including phenoxy) is 1. The highest BCUT2D eigenvalue weighted by atomic mass is 79.9. The van der Waals surface area contributed by atoms with Crippen molar-refractivity contribution < 1.29 is 14.3 Å². The van der Waals surface area contributed by atoms with Gasteiger partial charge < -0.3 is 10.1 Å². The van der Waals surface area contributed by atoms with Crippen LogP contribution in [-0.4, -0.2) is 28.5 Å². The molecular formula is C24H20BrN3O4S. The zero-order valence-corrected chi connectivity index (χ0v) is 20.3. The Morgan fingerprint density at radius 2 is 1.94 bits per heavy atom. The highest BCUT2D eigenvalue weighted by Crippen LogP contribution is 2.36. The van der Waals surface area contributed by atoms with Gasteiger partial charge in [-0.05, 0) is 42.3 Å². The third-order valence-corrected chi connectivity index (χ3v) is 6.86. The van der Waals surface area contributed by atoms with Crippen LogP contribution in [0.15, 0.2) is 64.1 Å². The SMILES string of the molecule is CCc1sc2ncn(CC(=O)Nc3cccc(C(=O)OC)c3)c(=O)c2c1-c1ccc(Br)cc1. The first-order chi connectivity index (χ1) is 15.9. The molecule has 0 radical (unpaired) electrons. The van der Waals surface area contributed by atoms with E-state index in [0.29, 0.717) is 21.5 Å². The second kappa shape index (κ2) is 9.68. The summed E-state index contributed by atoms with van der Waals surface area (Å²) >= 11 is 4.94. The summed E-state index contributed by atoms with van der Waals surface area (Å²) < 4.78 is 6.96. The number of fused-ring (bicyclic) bond motifs is 1. The molecule has 0 aliphatic carbocycles. The Morgan fingerprint density at radius 3 is 2.64 bits per heavy atom. The molecule has 1 amide bonds. The van der Waals surface area contributed by atoms with Crippen LogP contribution in [0.1, 0.15) is 22.2 Å². The molecular weight excluding hydrogens is 506 g/mol. The monoisotopic (exact) mass is 525 g/mol. The molecule has 0 spiro atoms. The summed E-state index contributed by atoms with van der Waals surface area (Å²) in [4.78, 5) is 43.9. The molecule has 2 aromatic heterocycles. The Morgan fingerprint density at radius 1 is 1.18 bits per heavy atom. The smallest absolute Gasteiger partial charge is 0.337 e. The lowest BCUT2D eigenvalue weighted by molar-refractivity contribution is -0.116. The second-order valence-electron chi connectivity index (χ2n) is 7.24. The van der Waals surface area contributed by atoms with E-state index >= 15 is 0 Å². The lowest BCUT2D eigenvalue weighted by atomic mass is 10.0. The number of rotatable bonds is 6. The van der Waals surface area contributed by atoms with Gasteiger partial charge in [0.25, 0.3) is 5.56 Å². The fourth-order valence-corrected chi connectivity index (χ4v) is 4.91. The van der Waals surface area contributed by atoms with Crippen LogP contribution in [0.4, 0.5) is 5.69 Å². The Balaban J connectivity index is 1.67. The summed E-state index contributed by atoms with van der Waals surface area (Å²) in [6.45, 7) is 1.84. The van der Waals surface area contributed by atoms with Crippen LogP contribution in [0.3, 0.4) is 0 Å². The van der Waals surface area contributed by atoms with Gasteiger partial charge in [-0.25, -0.2) is 9.78 Å². The standard InChI is InChI=1S/C24H20BrN3O4S/c1-3-18-20(14-7-9-16(25)10-8-14)21-22(33-18)26-13-28(23(21)30)12-19(29)27-17-6-4-5-15(11-17)24(31)32-2/h4-11,13H,3,12H2,1-2H3,(H,27,29). The van der Waals surface area contributed by atoms with Gasteiger partial charge in [0.05, 0.1) is 24.4 Å². The van der Waals surface area contributed by atoms with Gasteiger partial charge >= 0.3 is 5.97 Å². The molecule has 0 atom stereocenters. The second-order valence-corrected chi connectivity index (χ2v) is 9.24. The van der Waals surface area contributed by atoms with Gasteiger partial charge in [-0.1, -0.05) is 41.1 Å². The van der Waals surface area contributed by atoms with Crippen LogP contribution in [-0.2, 0) is 22.5 Å². The Kier molecular flexibility index (Phi) is 6.71. The zero-order valence-electron chi connectivity index (χ0n) is 17.9. The number of hydrogen-bond donors (Lipinski definition) is 1. The normalized spacial score (nSPS) is 10.9. The molecule has 0 saturated carbocycles. The molecule has 4 rings (SSSR count). The molecule has 0 saturated heterocycles. The van der Waals surface area contributed by atoms with Crippen LogP contribution >= 0.6 is 27.3 Å². The van der Waals surface area contributed by atoms with E-state index in [4.69, 9.17) is 4.74 Å². The molecule has 0 aliphatic heterocycles. The summed E-state index contributed by atoms with van der Waals surface area (Å²) in [6.07, 6.45) is 2.17. The van der Waals surface area contributed by atoms with Gasteiger partial charge in [-0.15, -0.1) is 11.3 Å². The number of methoxy groups -OCH3 is 1. The third kappa shape index (κ3) is 4.74. The van der Waals surface area contributed by atoms with E-state index in [0.717, 1.165) is 26.9 Å². The van der Waals surface area contributed by atoms with Gasteiger partial charge in [0, 0.05) is 20.6 Å². The minimum Gasteiger partial charge on any atom is -0.465 e. The van der Waals surface area contributed by atoms with Crippen molar-refractivity contribution in [1.29, 1.82) is 0 Å². The molecule has 2 heterocycles. The molecule has 33 heavy (non-hydrogen) atoms. The fourth-order valence-electron chi connectivity index (χ4n) is 3.55. The zero-order chi connectivity index (χ0) is 23.5. The van der Waals surface area contributed by atoms with Crippen LogP contribution in [0.5, 0.6) is 0 Å². The average Bonchev–Trinajstić information content (AvgIpc) is 3.20. The van der Waals surface area contributed by atoms with Crippen molar-refractivity contribution >= 4 is 55.0 Å². The average molecular weight is 526 g/mol. The summed E-state index contributed by atoms with van der Waals surface area (Å²) in [5.41, 5.74) is 2.28. The Bertz CT molecular complexity index is 1410. The number of benzene rings is 2. The van der Waals surface area contributed by atoms with E-state index in [-0.39, 0.29) is 12.1 Å². The predicted molar refractivity (Wildman–Crippen MR) is 133 cm³/mol. The van der Waals surface area contributed by atoms with Gasteiger partial charge in [0.2, 0.25) is 5.91 Å². The van der Waals surface area contributed by atoms with Gasteiger partial charge in [-0.2, -0.15) is 0 Å². The maximum absolute atomic E-state index is 13.4. The molecule has 0 aliphatic rings. The number of nitrogens with one attached hydrogen (secondary N) is 1. The van der Waals surface area contributed by atoms with Crippen molar-refractivity contribution in [2.24, 2.45) is 0 Å². The number of carbonyl (C=O) groups excluding carboxylic acids is 2. The molecule has 0 unspecified atom stereocenters. The predicted octanol–water partition coefficient (Wildman–Crippen LogP) is 4.88. The first-order valence-corrected chi connectivity index (χ1v) is 11.8. The first-order valence-electron chi connectivity index (χ1n) is 10.2. The number of amides is 1. The van der Waals surface area contributed by atoms with E-state index < -0.39 is 11.9 Å². The van der Waals surface area contributed by atoms with Crippen molar-refractivity contribution in [2.45, 2.75) is 19.9 Å². The highest BCUT2D eigenvalue weighted by Gasteiger charge is 2.19. The summed E-state index contributed by atoms with van der Waals surface area (Å²) in [5.74, 6) is -0.905. The lowest BCUT2D eigenvalue weighted by Crippen LogP contribution is -2.27. The third-order valence-electron chi connectivity index (χ3n) is 5.09. The number of halogens is 1. The summed E-state index contributed by atoms with van der Waals surface area (Å²) in [7, 11) is 1.29. The molecule has 7 nitrogen and oxygen atoms in total. The van der Waals surface area contributed by atoms with Gasteiger partial charge in [0.1, 0.15) is 11.4 Å².